The van der Waals surface area contributed by atoms with Gasteiger partial charge in [-0.2, -0.15) is 0 Å². The molecule has 1 amide bonds. The molecule has 0 fully saturated rings. The molecule has 0 saturated carbocycles. The number of hydrogen-bond acceptors (Lipinski definition) is 7. The Bertz CT molecular complexity index is 1960. The van der Waals surface area contributed by atoms with Crippen molar-refractivity contribution >= 4 is 57.9 Å². The zero-order chi connectivity index (χ0) is 32.4. The number of carboxylic acids is 1. The number of carbonyl (C=O) groups excluding carboxylic acids is 1. The number of aliphatic carboxylic acids is 1. The summed E-state index contributed by atoms with van der Waals surface area (Å²) in [6, 6.07) is 17.2. The third-order valence-electron chi connectivity index (χ3n) is 7.30. The molecule has 0 saturated heterocycles. The first-order chi connectivity index (χ1) is 21.5. The molecule has 0 aliphatic heterocycles. The lowest BCUT2D eigenvalue weighted by atomic mass is 10.0. The number of benzene rings is 3. The van der Waals surface area contributed by atoms with Crippen LogP contribution in [0.1, 0.15) is 39.5 Å². The zero-order valence-electron chi connectivity index (χ0n) is 24.3. The van der Waals surface area contributed by atoms with Gasteiger partial charge in [-0.1, -0.05) is 47.5 Å². The van der Waals surface area contributed by atoms with Gasteiger partial charge in [0.15, 0.2) is 11.4 Å². The molecule has 2 aromatic heterocycles. The van der Waals surface area contributed by atoms with Crippen LogP contribution in [0.15, 0.2) is 72.9 Å². The SMILES string of the molecule is COc1ccc(-c2nc3c(C(=O)NC(CC(=O)O)c4ccc(Cl)c(Cl)c4)cccn3c2Nc2c(C)cccc2C)cc1[N+](=O)[O-]. The van der Waals surface area contributed by atoms with Crippen molar-refractivity contribution in [3.8, 4) is 17.0 Å². The van der Waals surface area contributed by atoms with Crippen LogP contribution in [0.4, 0.5) is 17.2 Å². The summed E-state index contributed by atoms with van der Waals surface area (Å²) in [5.74, 6) is -1.17. The maximum absolute atomic E-state index is 13.8. The summed E-state index contributed by atoms with van der Waals surface area (Å²) in [5.41, 5.74) is 4.04. The number of anilines is 2. The van der Waals surface area contributed by atoms with E-state index in [-0.39, 0.29) is 32.7 Å². The molecule has 3 aromatic carbocycles. The van der Waals surface area contributed by atoms with Crippen molar-refractivity contribution in [3.63, 3.8) is 0 Å². The highest BCUT2D eigenvalue weighted by atomic mass is 35.5. The summed E-state index contributed by atoms with van der Waals surface area (Å²) in [4.78, 5) is 41.6. The van der Waals surface area contributed by atoms with Gasteiger partial charge in [-0.25, -0.2) is 4.98 Å². The van der Waals surface area contributed by atoms with Gasteiger partial charge in [-0.3, -0.25) is 24.1 Å². The number of aryl methyl sites for hydroxylation is 2. The van der Waals surface area contributed by atoms with Gasteiger partial charge < -0.3 is 20.5 Å². The number of carboxylic acid groups (broad SMARTS) is 1. The molecular weight excluding hydrogens is 621 g/mol. The van der Waals surface area contributed by atoms with Crippen molar-refractivity contribution in [3.05, 3.63) is 115 Å². The van der Waals surface area contributed by atoms with Gasteiger partial charge in [0.25, 0.3) is 5.91 Å². The predicted octanol–water partition coefficient (Wildman–Crippen LogP) is 7.53. The Labute approximate surface area is 267 Å². The van der Waals surface area contributed by atoms with Crippen molar-refractivity contribution in [1.82, 2.24) is 14.7 Å². The van der Waals surface area contributed by atoms with Gasteiger partial charge in [0.05, 0.1) is 40.1 Å². The summed E-state index contributed by atoms with van der Waals surface area (Å²) >= 11 is 12.2. The molecule has 0 aliphatic rings. The summed E-state index contributed by atoms with van der Waals surface area (Å²) in [6.45, 7) is 3.89. The molecule has 230 valence electrons. The number of imidazole rings is 1. The van der Waals surface area contributed by atoms with Crippen LogP contribution in [-0.2, 0) is 4.79 Å². The van der Waals surface area contributed by atoms with Gasteiger partial charge in [0, 0.05) is 23.5 Å². The number of halogens is 2. The van der Waals surface area contributed by atoms with Crippen LogP contribution in [0.3, 0.4) is 0 Å². The maximum atomic E-state index is 13.8. The second-order valence-electron chi connectivity index (χ2n) is 10.3. The number of fused-ring (bicyclic) bond motifs is 1. The average Bonchev–Trinajstić information content (AvgIpc) is 3.37. The second kappa shape index (κ2) is 12.8. The minimum absolute atomic E-state index is 0.0867. The first-order valence-corrected chi connectivity index (χ1v) is 14.4. The Kier molecular flexibility index (Phi) is 8.94. The molecule has 1 atom stereocenters. The van der Waals surface area contributed by atoms with Gasteiger partial charge in [-0.05, 0) is 66.9 Å². The van der Waals surface area contributed by atoms with E-state index < -0.39 is 29.3 Å². The number of nitrogens with one attached hydrogen (secondary N) is 2. The Morgan fingerprint density at radius 1 is 1.04 bits per heavy atom. The third kappa shape index (κ3) is 6.40. The molecule has 2 heterocycles. The molecule has 13 heteroatoms. The number of aromatic nitrogens is 2. The molecule has 11 nitrogen and oxygen atoms in total. The highest BCUT2D eigenvalue weighted by Gasteiger charge is 2.26. The number of hydrogen-bond donors (Lipinski definition) is 3. The Hall–Kier alpha value is -5.13. The molecule has 0 radical (unpaired) electrons. The van der Waals surface area contributed by atoms with E-state index in [1.54, 1.807) is 34.9 Å². The van der Waals surface area contributed by atoms with Gasteiger partial charge in [0.1, 0.15) is 11.5 Å². The first-order valence-electron chi connectivity index (χ1n) is 13.6. The van der Waals surface area contributed by atoms with Crippen LogP contribution < -0.4 is 15.4 Å². The van der Waals surface area contributed by atoms with E-state index in [0.717, 1.165) is 16.8 Å². The lowest BCUT2D eigenvalue weighted by Crippen LogP contribution is -2.30. The summed E-state index contributed by atoms with van der Waals surface area (Å²) in [6.07, 6.45) is 1.30. The fourth-order valence-electron chi connectivity index (χ4n) is 5.07. The average molecular weight is 649 g/mol. The molecular formula is C32H27Cl2N5O6. The van der Waals surface area contributed by atoms with Gasteiger partial charge in [-0.15, -0.1) is 0 Å². The van der Waals surface area contributed by atoms with Crippen LogP contribution in [0.2, 0.25) is 10.0 Å². The number of para-hydroxylation sites is 1. The molecule has 0 spiro atoms. The van der Waals surface area contributed by atoms with E-state index in [1.165, 1.54) is 31.4 Å². The van der Waals surface area contributed by atoms with Gasteiger partial charge >= 0.3 is 11.7 Å². The molecule has 1 unspecified atom stereocenters. The fraction of sp³-hybridized carbons (Fsp3) is 0.156. The van der Waals surface area contributed by atoms with Gasteiger partial charge in [0.2, 0.25) is 0 Å². The number of nitro benzene ring substituents is 1. The zero-order valence-corrected chi connectivity index (χ0v) is 25.8. The lowest BCUT2D eigenvalue weighted by Gasteiger charge is -2.18. The van der Waals surface area contributed by atoms with Crippen LogP contribution in [0.5, 0.6) is 5.75 Å². The normalized spacial score (nSPS) is 11.7. The van der Waals surface area contributed by atoms with Crippen molar-refractivity contribution < 1.29 is 24.4 Å². The topological polar surface area (TPSA) is 148 Å². The Morgan fingerprint density at radius 3 is 2.42 bits per heavy atom. The minimum Gasteiger partial charge on any atom is -0.490 e. The van der Waals surface area contributed by atoms with E-state index in [4.69, 9.17) is 32.9 Å². The predicted molar refractivity (Wildman–Crippen MR) is 172 cm³/mol. The highest BCUT2D eigenvalue weighted by Crippen LogP contribution is 2.38. The monoisotopic (exact) mass is 647 g/mol. The summed E-state index contributed by atoms with van der Waals surface area (Å²) in [5, 5.41) is 28.2. The lowest BCUT2D eigenvalue weighted by molar-refractivity contribution is -0.385. The largest absolute Gasteiger partial charge is 0.490 e. The number of carbonyl (C=O) groups is 2. The maximum Gasteiger partial charge on any atom is 0.311 e. The highest BCUT2D eigenvalue weighted by molar-refractivity contribution is 6.42. The van der Waals surface area contributed by atoms with Crippen molar-refractivity contribution in [2.45, 2.75) is 26.3 Å². The molecule has 5 rings (SSSR count). The Balaban J connectivity index is 1.66. The Morgan fingerprint density at radius 2 is 1.78 bits per heavy atom. The number of pyridine rings is 1. The van der Waals surface area contributed by atoms with Crippen molar-refractivity contribution in [1.29, 1.82) is 0 Å². The molecule has 3 N–H and O–H groups in total. The molecule has 0 aliphatic carbocycles. The number of nitro groups is 1. The number of ether oxygens (including phenoxy) is 1. The quantitative estimate of drug-likeness (QED) is 0.104. The first kappa shape index (κ1) is 31.3. The van der Waals surface area contributed by atoms with Crippen LogP contribution in [0, 0.1) is 24.0 Å². The molecule has 45 heavy (non-hydrogen) atoms. The van der Waals surface area contributed by atoms with E-state index in [0.29, 0.717) is 22.6 Å². The number of nitrogens with zero attached hydrogens (tertiary/aromatic N) is 3. The number of amides is 1. The van der Waals surface area contributed by atoms with E-state index in [2.05, 4.69) is 10.6 Å². The molecule has 5 aromatic rings. The number of methoxy groups -OCH3 is 1. The van der Waals surface area contributed by atoms with Crippen molar-refractivity contribution in [2.24, 2.45) is 0 Å². The van der Waals surface area contributed by atoms with E-state index in [1.807, 2.05) is 32.0 Å². The smallest absolute Gasteiger partial charge is 0.311 e. The summed E-state index contributed by atoms with van der Waals surface area (Å²) < 4.78 is 6.86. The van der Waals surface area contributed by atoms with Crippen LogP contribution in [0.25, 0.3) is 16.9 Å². The van der Waals surface area contributed by atoms with Crippen LogP contribution >= 0.6 is 23.2 Å². The number of rotatable bonds is 10. The molecule has 0 bridgehead atoms. The second-order valence-corrected chi connectivity index (χ2v) is 11.1. The third-order valence-corrected chi connectivity index (χ3v) is 8.04. The summed E-state index contributed by atoms with van der Waals surface area (Å²) in [7, 11) is 1.35. The fourth-order valence-corrected chi connectivity index (χ4v) is 5.37. The minimum atomic E-state index is -1.13. The van der Waals surface area contributed by atoms with Crippen LogP contribution in [-0.4, -0.2) is 38.4 Å². The van der Waals surface area contributed by atoms with E-state index in [9.17, 15) is 24.8 Å². The van der Waals surface area contributed by atoms with Crippen molar-refractivity contribution in [2.75, 3.05) is 12.4 Å². The standard InChI is InChI=1S/C32H27Cl2N5O6/c1-17-6-4-7-18(2)28(17)36-31-29(20-10-12-26(45-3)25(15-20)39(43)44)37-30-21(8-5-13-38(30)31)32(42)35-24(16-27(40)41)19-9-11-22(33)23(34)14-19/h4-15,24,36H,16H2,1-3H3,(H,35,42)(H,40,41). The van der Waals surface area contributed by atoms with E-state index >= 15 is 0 Å².